The molecule has 0 amide bonds. The maximum absolute atomic E-state index is 12.5. The molecule has 0 radical (unpaired) electrons. The summed E-state index contributed by atoms with van der Waals surface area (Å²) in [5.41, 5.74) is -1.12. The second kappa shape index (κ2) is 12.2. The van der Waals surface area contributed by atoms with Gasteiger partial charge in [0.25, 0.3) is 0 Å². The Hall–Kier alpha value is -3.33. The Morgan fingerprint density at radius 2 is 1.79 bits per heavy atom. The molecule has 0 fully saturated rings. The number of ether oxygens (including phenoxy) is 3. The van der Waals surface area contributed by atoms with Crippen molar-refractivity contribution >= 4 is 17.7 Å². The van der Waals surface area contributed by atoms with Gasteiger partial charge in [-0.25, -0.2) is 0 Å². The molecule has 0 spiro atoms. The van der Waals surface area contributed by atoms with Gasteiger partial charge in [-0.2, -0.15) is 0 Å². The van der Waals surface area contributed by atoms with Gasteiger partial charge in [0.1, 0.15) is 5.75 Å². The molecule has 1 aromatic rings. The number of allylic oxidation sites excluding steroid dienone is 3. The molecule has 0 saturated carbocycles. The molecule has 0 N–H and O–H groups in total. The van der Waals surface area contributed by atoms with E-state index < -0.39 is 17.4 Å². The molecular formula is C23H26O6. The van der Waals surface area contributed by atoms with Gasteiger partial charge in [-0.05, 0) is 44.6 Å². The fourth-order valence-corrected chi connectivity index (χ4v) is 2.50. The lowest BCUT2D eigenvalue weighted by Gasteiger charge is -2.26. The fourth-order valence-electron chi connectivity index (χ4n) is 2.50. The van der Waals surface area contributed by atoms with Crippen molar-refractivity contribution in [1.29, 1.82) is 0 Å². The number of methoxy groups -OCH3 is 1. The molecule has 0 atom stereocenters. The Bertz CT molecular complexity index is 807. The van der Waals surface area contributed by atoms with Crippen LogP contribution in [0, 0.1) is 17.3 Å². The summed E-state index contributed by atoms with van der Waals surface area (Å²) >= 11 is 0. The monoisotopic (exact) mass is 398 g/mol. The lowest BCUT2D eigenvalue weighted by Crippen LogP contribution is -2.41. The van der Waals surface area contributed by atoms with Crippen LogP contribution < -0.4 is 4.74 Å². The summed E-state index contributed by atoms with van der Waals surface area (Å²) in [5.74, 6) is 4.37. The van der Waals surface area contributed by atoms with Crippen LogP contribution in [0.2, 0.25) is 0 Å². The third-order valence-electron chi connectivity index (χ3n) is 3.99. The normalized spacial score (nSPS) is 10.6. The number of benzene rings is 1. The van der Waals surface area contributed by atoms with Crippen LogP contribution in [0.4, 0.5) is 0 Å². The summed E-state index contributed by atoms with van der Waals surface area (Å²) in [6.07, 6.45) is 4.06. The smallest absolute Gasteiger partial charge is 0.324 e. The zero-order chi connectivity index (χ0) is 21.7. The fraction of sp³-hybridized carbons (Fsp3) is 0.348. The first-order valence-corrected chi connectivity index (χ1v) is 9.23. The van der Waals surface area contributed by atoms with Crippen molar-refractivity contribution in [3.05, 3.63) is 54.6 Å². The Balaban J connectivity index is 2.98. The number of ketones is 1. The Morgan fingerprint density at radius 3 is 2.34 bits per heavy atom. The molecule has 0 unspecified atom stereocenters. The molecule has 0 bridgehead atoms. The van der Waals surface area contributed by atoms with Gasteiger partial charge < -0.3 is 14.2 Å². The van der Waals surface area contributed by atoms with Gasteiger partial charge in [-0.3, -0.25) is 14.4 Å². The average molecular weight is 398 g/mol. The van der Waals surface area contributed by atoms with Gasteiger partial charge in [0.05, 0.1) is 20.3 Å². The quantitative estimate of drug-likeness (QED) is 0.150. The molecule has 0 aliphatic rings. The zero-order valence-corrected chi connectivity index (χ0v) is 17.0. The maximum Gasteiger partial charge on any atom is 0.324 e. The Morgan fingerprint density at radius 1 is 1.14 bits per heavy atom. The van der Waals surface area contributed by atoms with Gasteiger partial charge in [0.15, 0.2) is 11.2 Å². The van der Waals surface area contributed by atoms with Gasteiger partial charge in [0.2, 0.25) is 0 Å². The molecule has 154 valence electrons. The van der Waals surface area contributed by atoms with Crippen molar-refractivity contribution in [2.75, 3.05) is 20.3 Å². The Kier molecular flexibility index (Phi) is 9.97. The van der Waals surface area contributed by atoms with E-state index in [1.54, 1.807) is 38.1 Å². The van der Waals surface area contributed by atoms with E-state index in [2.05, 4.69) is 18.4 Å². The van der Waals surface area contributed by atoms with Crippen molar-refractivity contribution < 1.29 is 28.6 Å². The molecule has 1 aromatic carbocycles. The van der Waals surface area contributed by atoms with E-state index in [9.17, 15) is 14.4 Å². The van der Waals surface area contributed by atoms with Crippen LogP contribution in [0.3, 0.4) is 0 Å². The van der Waals surface area contributed by atoms with Crippen LogP contribution in [0.5, 0.6) is 5.75 Å². The molecule has 6 heteroatoms. The summed E-state index contributed by atoms with van der Waals surface area (Å²) in [4.78, 5) is 37.1. The minimum Gasteiger partial charge on any atom is -0.497 e. The van der Waals surface area contributed by atoms with Gasteiger partial charge in [-0.15, -0.1) is 6.58 Å². The number of carbonyl (C=O) groups excluding carboxylic acids is 3. The van der Waals surface area contributed by atoms with E-state index in [1.165, 1.54) is 25.3 Å². The number of hydrogen-bond donors (Lipinski definition) is 0. The lowest BCUT2D eigenvalue weighted by molar-refractivity contribution is -0.171. The van der Waals surface area contributed by atoms with Crippen molar-refractivity contribution in [2.45, 2.75) is 26.7 Å². The van der Waals surface area contributed by atoms with E-state index >= 15 is 0 Å². The van der Waals surface area contributed by atoms with E-state index in [4.69, 9.17) is 14.2 Å². The number of esters is 2. The molecule has 0 heterocycles. The second-order valence-corrected chi connectivity index (χ2v) is 5.94. The third-order valence-corrected chi connectivity index (χ3v) is 3.99. The van der Waals surface area contributed by atoms with Crippen LogP contribution >= 0.6 is 0 Å². The summed E-state index contributed by atoms with van der Waals surface area (Å²) in [6, 6.07) is 6.74. The van der Waals surface area contributed by atoms with Gasteiger partial charge in [-0.1, -0.05) is 30.0 Å². The zero-order valence-electron chi connectivity index (χ0n) is 17.0. The molecule has 0 saturated heterocycles. The lowest BCUT2D eigenvalue weighted by atomic mass is 9.81. The standard InChI is InChI=1S/C23H26O6/c1-5-15-23(21(25)28-6-2,22(26)29-7-3)16-10-8-9-14-20(24)18-12-11-13-19(17-18)27-4/h5,9,11-14,17H,1,6-7,15-16H2,2-4H3/b14-9+. The molecular weight excluding hydrogens is 372 g/mol. The van der Waals surface area contributed by atoms with Crippen LogP contribution in [0.25, 0.3) is 0 Å². The van der Waals surface area contributed by atoms with Crippen molar-refractivity contribution in [3.63, 3.8) is 0 Å². The van der Waals surface area contributed by atoms with Crippen molar-refractivity contribution in [2.24, 2.45) is 5.41 Å². The van der Waals surface area contributed by atoms with E-state index in [0.29, 0.717) is 11.3 Å². The summed E-state index contributed by atoms with van der Waals surface area (Å²) < 4.78 is 15.2. The maximum atomic E-state index is 12.5. The summed E-state index contributed by atoms with van der Waals surface area (Å²) in [6.45, 7) is 7.17. The molecule has 0 aliphatic carbocycles. The highest BCUT2D eigenvalue weighted by molar-refractivity contribution is 6.05. The first kappa shape index (κ1) is 23.7. The SMILES string of the molecule is C=CCC(CC#C/C=C/C(=O)c1cccc(OC)c1)(C(=O)OCC)C(=O)OCC. The van der Waals surface area contributed by atoms with Crippen LogP contribution in [-0.2, 0) is 19.1 Å². The highest BCUT2D eigenvalue weighted by Crippen LogP contribution is 2.31. The van der Waals surface area contributed by atoms with Crippen molar-refractivity contribution in [1.82, 2.24) is 0 Å². The van der Waals surface area contributed by atoms with E-state index in [-0.39, 0.29) is 31.8 Å². The summed E-state index contributed by atoms with van der Waals surface area (Å²) in [5, 5.41) is 0. The van der Waals surface area contributed by atoms with Gasteiger partial charge >= 0.3 is 11.9 Å². The van der Waals surface area contributed by atoms with E-state index in [0.717, 1.165) is 0 Å². The number of carbonyl (C=O) groups is 3. The largest absolute Gasteiger partial charge is 0.497 e. The predicted molar refractivity (Wildman–Crippen MR) is 109 cm³/mol. The summed E-state index contributed by atoms with van der Waals surface area (Å²) in [7, 11) is 1.52. The topological polar surface area (TPSA) is 78.9 Å². The minimum atomic E-state index is -1.58. The van der Waals surface area contributed by atoms with Crippen LogP contribution in [0.15, 0.2) is 49.1 Å². The Labute approximate surface area is 171 Å². The number of hydrogen-bond acceptors (Lipinski definition) is 6. The molecule has 1 rings (SSSR count). The first-order valence-electron chi connectivity index (χ1n) is 9.23. The molecule has 29 heavy (non-hydrogen) atoms. The molecule has 6 nitrogen and oxygen atoms in total. The second-order valence-electron chi connectivity index (χ2n) is 5.94. The molecule has 0 aliphatic heterocycles. The van der Waals surface area contributed by atoms with Crippen LogP contribution in [-0.4, -0.2) is 38.0 Å². The molecule has 0 aromatic heterocycles. The van der Waals surface area contributed by atoms with E-state index in [1.807, 2.05) is 0 Å². The van der Waals surface area contributed by atoms with Crippen LogP contribution in [0.1, 0.15) is 37.0 Å². The van der Waals surface area contributed by atoms with Gasteiger partial charge in [0, 0.05) is 12.0 Å². The predicted octanol–water partition coefficient (Wildman–Crippen LogP) is 3.52. The minimum absolute atomic E-state index is 0.0335. The highest BCUT2D eigenvalue weighted by atomic mass is 16.6. The van der Waals surface area contributed by atoms with Crippen molar-refractivity contribution in [3.8, 4) is 17.6 Å². The average Bonchev–Trinajstić information content (AvgIpc) is 2.72. The third kappa shape index (κ3) is 6.65. The highest BCUT2D eigenvalue weighted by Gasteiger charge is 2.47. The first-order chi connectivity index (χ1) is 13.9. The number of rotatable bonds is 10.